The molecule has 1 aromatic heterocycles. The van der Waals surface area contributed by atoms with E-state index in [2.05, 4.69) is 15.0 Å². The molecule has 0 bridgehead atoms. The van der Waals surface area contributed by atoms with Gasteiger partial charge in [-0.15, -0.1) is 0 Å². The van der Waals surface area contributed by atoms with Crippen LogP contribution >= 0.6 is 0 Å². The molecular formula is C27H36F2N4O4. The lowest BCUT2D eigenvalue weighted by Gasteiger charge is -2.44. The quantitative estimate of drug-likeness (QED) is 0.538. The summed E-state index contributed by atoms with van der Waals surface area (Å²) >= 11 is 0. The van der Waals surface area contributed by atoms with Gasteiger partial charge in [-0.05, 0) is 50.4 Å². The van der Waals surface area contributed by atoms with Gasteiger partial charge < -0.3 is 24.2 Å². The van der Waals surface area contributed by atoms with E-state index in [1.807, 2.05) is 13.8 Å². The first kappa shape index (κ1) is 25.9. The lowest BCUT2D eigenvalue weighted by atomic mass is 9.90. The van der Waals surface area contributed by atoms with E-state index < -0.39 is 23.1 Å². The first-order chi connectivity index (χ1) is 17.6. The fourth-order valence-electron chi connectivity index (χ4n) is 5.66. The first-order valence-corrected chi connectivity index (χ1v) is 13.3. The van der Waals surface area contributed by atoms with E-state index >= 15 is 0 Å². The van der Waals surface area contributed by atoms with Crippen LogP contribution in [-0.2, 0) is 11.2 Å². The Bertz CT molecular complexity index is 1100. The normalized spacial score (nSPS) is 23.3. The van der Waals surface area contributed by atoms with Gasteiger partial charge in [-0.3, -0.25) is 4.79 Å². The Balaban J connectivity index is 1.04. The summed E-state index contributed by atoms with van der Waals surface area (Å²) in [5, 5.41) is 13.8. The number of aromatic nitrogens is 2. The molecule has 1 aliphatic carbocycles. The molecule has 2 aliphatic heterocycles. The van der Waals surface area contributed by atoms with E-state index in [1.165, 1.54) is 11.3 Å². The molecule has 1 amide bonds. The maximum Gasteiger partial charge on any atom is 0.324 e. The third-order valence-corrected chi connectivity index (χ3v) is 7.96. The Morgan fingerprint density at radius 1 is 1.24 bits per heavy atom. The fourth-order valence-corrected chi connectivity index (χ4v) is 5.66. The van der Waals surface area contributed by atoms with Crippen LogP contribution in [0.15, 0.2) is 16.7 Å². The Kier molecular flexibility index (Phi) is 7.13. The predicted molar refractivity (Wildman–Crippen MR) is 132 cm³/mol. The van der Waals surface area contributed by atoms with Crippen LogP contribution in [-0.4, -0.2) is 64.4 Å². The van der Waals surface area contributed by atoms with Gasteiger partial charge in [0.2, 0.25) is 5.91 Å². The van der Waals surface area contributed by atoms with Crippen LogP contribution in [0.4, 0.5) is 14.8 Å². The van der Waals surface area contributed by atoms with Gasteiger partial charge in [0.1, 0.15) is 17.4 Å². The van der Waals surface area contributed by atoms with Crippen LogP contribution in [0.25, 0.3) is 0 Å². The van der Waals surface area contributed by atoms with E-state index in [0.717, 1.165) is 50.3 Å². The molecule has 1 aromatic carbocycles. The number of ether oxygens (including phenoxy) is 1. The van der Waals surface area contributed by atoms with Crippen LogP contribution in [0.3, 0.4) is 0 Å². The number of aliphatic hydroxyl groups is 1. The van der Waals surface area contributed by atoms with Gasteiger partial charge in [-0.2, -0.15) is 4.98 Å². The van der Waals surface area contributed by atoms with Crippen molar-refractivity contribution < 1.29 is 27.9 Å². The van der Waals surface area contributed by atoms with Crippen molar-refractivity contribution in [1.29, 1.82) is 0 Å². The highest BCUT2D eigenvalue weighted by atomic mass is 19.1. The number of halogens is 2. The Morgan fingerprint density at radius 3 is 2.51 bits per heavy atom. The minimum Gasteiger partial charge on any atom is -0.493 e. The number of rotatable bonds is 9. The summed E-state index contributed by atoms with van der Waals surface area (Å²) in [6, 6.07) is 2.92. The van der Waals surface area contributed by atoms with E-state index in [1.54, 1.807) is 6.92 Å². The number of carbonyl (C=O) groups is 1. The van der Waals surface area contributed by atoms with Crippen LogP contribution in [0.5, 0.6) is 5.75 Å². The lowest BCUT2D eigenvalue weighted by molar-refractivity contribution is -0.151. The van der Waals surface area contributed by atoms with Gasteiger partial charge in [0, 0.05) is 36.7 Å². The number of likely N-dealkylation sites (tertiary alicyclic amines) is 1. The molecule has 2 saturated heterocycles. The van der Waals surface area contributed by atoms with Gasteiger partial charge in [0.25, 0.3) is 0 Å². The largest absolute Gasteiger partial charge is 0.493 e. The second-order valence-corrected chi connectivity index (χ2v) is 11.5. The van der Waals surface area contributed by atoms with Crippen molar-refractivity contribution in [1.82, 2.24) is 15.0 Å². The number of benzene rings is 1. The second kappa shape index (κ2) is 10.2. The summed E-state index contributed by atoms with van der Waals surface area (Å²) in [5.41, 5.74) is -1.19. The summed E-state index contributed by atoms with van der Waals surface area (Å²) in [6.07, 6.45) is 3.83. The summed E-state index contributed by atoms with van der Waals surface area (Å²) in [6.45, 7) is 8.29. The minimum absolute atomic E-state index is 0.143. The molecule has 202 valence electrons. The Hall–Kier alpha value is -2.75. The smallest absolute Gasteiger partial charge is 0.324 e. The monoisotopic (exact) mass is 518 g/mol. The summed E-state index contributed by atoms with van der Waals surface area (Å²) < 4.78 is 40.2. The fraction of sp³-hybridized carbons (Fsp3) is 0.667. The third-order valence-electron chi connectivity index (χ3n) is 7.96. The van der Waals surface area contributed by atoms with Crippen molar-refractivity contribution in [3.8, 4) is 5.75 Å². The molecule has 5 rings (SSSR count). The van der Waals surface area contributed by atoms with Gasteiger partial charge in [0.05, 0.1) is 31.7 Å². The zero-order valence-corrected chi connectivity index (χ0v) is 21.8. The predicted octanol–water partition coefficient (Wildman–Crippen LogP) is 3.93. The van der Waals surface area contributed by atoms with E-state index in [4.69, 9.17) is 9.26 Å². The summed E-state index contributed by atoms with van der Waals surface area (Å²) in [7, 11) is 0. The molecular weight excluding hydrogens is 482 g/mol. The molecule has 1 N–H and O–H groups in total. The molecule has 2 aromatic rings. The van der Waals surface area contributed by atoms with E-state index in [-0.39, 0.29) is 36.7 Å². The average molecular weight is 519 g/mol. The Labute approximate surface area is 216 Å². The second-order valence-electron chi connectivity index (χ2n) is 11.5. The maximum atomic E-state index is 14.5. The number of piperidine rings is 1. The zero-order chi connectivity index (χ0) is 26.3. The number of anilines is 1. The number of amides is 1. The van der Waals surface area contributed by atoms with Crippen molar-refractivity contribution in [2.75, 3.05) is 37.7 Å². The van der Waals surface area contributed by atoms with Crippen molar-refractivity contribution >= 4 is 11.9 Å². The highest BCUT2D eigenvalue weighted by Gasteiger charge is 2.43. The average Bonchev–Trinajstić information content (AvgIpc) is 3.42. The summed E-state index contributed by atoms with van der Waals surface area (Å²) in [5.74, 6) is 1.07. The zero-order valence-electron chi connectivity index (χ0n) is 21.8. The van der Waals surface area contributed by atoms with Crippen molar-refractivity contribution in [3.05, 3.63) is 35.2 Å². The molecule has 1 saturated carbocycles. The van der Waals surface area contributed by atoms with Crippen LogP contribution in [0.2, 0.25) is 0 Å². The molecule has 0 radical (unpaired) electrons. The van der Waals surface area contributed by atoms with Crippen molar-refractivity contribution in [3.63, 3.8) is 0 Å². The minimum atomic E-state index is -0.921. The Morgan fingerprint density at radius 2 is 1.92 bits per heavy atom. The number of carbonyl (C=O) groups excluding carboxylic acids is 1. The standard InChI is InChI=1S/C27H36F2N4O4/c1-16(2)25-30-26(37-31-25)32-7-4-17(5-8-32)20-10-18(20)6-9-36-19-11-22(28)21(23(29)12-19)13-24(34)33-14-27(3,35)15-33/h11-12,16-18,20,35H,4-10,13-15H2,1-3H3/t18-,20-/m1/s1. The van der Waals surface area contributed by atoms with E-state index in [9.17, 15) is 18.7 Å². The highest BCUT2D eigenvalue weighted by Crippen LogP contribution is 2.50. The maximum absolute atomic E-state index is 14.5. The van der Waals surface area contributed by atoms with Gasteiger partial charge in [-0.25, -0.2) is 8.78 Å². The molecule has 0 unspecified atom stereocenters. The van der Waals surface area contributed by atoms with Crippen LogP contribution < -0.4 is 9.64 Å². The molecule has 2 atom stereocenters. The molecule has 37 heavy (non-hydrogen) atoms. The number of hydrogen-bond acceptors (Lipinski definition) is 7. The highest BCUT2D eigenvalue weighted by molar-refractivity contribution is 5.80. The van der Waals surface area contributed by atoms with Gasteiger partial charge in [-0.1, -0.05) is 19.0 Å². The SMILES string of the molecule is CC(C)c1noc(N2CCC([C@H]3C[C@H]3CCOc3cc(F)c(CC(=O)N4CC(C)(O)C4)c(F)c3)CC2)n1. The number of hydrogen-bond donors (Lipinski definition) is 1. The van der Waals surface area contributed by atoms with Crippen molar-refractivity contribution in [2.45, 2.75) is 64.4 Å². The van der Waals surface area contributed by atoms with Crippen molar-refractivity contribution in [2.24, 2.45) is 17.8 Å². The topological polar surface area (TPSA) is 91.9 Å². The third kappa shape index (κ3) is 5.89. The number of nitrogens with zero attached hydrogens (tertiary/aromatic N) is 4. The van der Waals surface area contributed by atoms with Gasteiger partial charge in [0.15, 0.2) is 5.82 Å². The van der Waals surface area contributed by atoms with E-state index in [0.29, 0.717) is 30.4 Å². The molecule has 8 nitrogen and oxygen atoms in total. The lowest BCUT2D eigenvalue weighted by Crippen LogP contribution is -2.62. The molecule has 3 heterocycles. The summed E-state index contributed by atoms with van der Waals surface area (Å²) in [4.78, 5) is 20.3. The first-order valence-electron chi connectivity index (χ1n) is 13.3. The van der Waals surface area contributed by atoms with Gasteiger partial charge >= 0.3 is 6.01 Å². The van der Waals surface area contributed by atoms with Crippen LogP contribution in [0, 0.1) is 29.4 Å². The van der Waals surface area contributed by atoms with Crippen LogP contribution in [0.1, 0.15) is 63.8 Å². The molecule has 3 aliphatic rings. The number of β-amino-alcohol motifs (C(OH)–C–C–N with tert-alkyl or cyclic N) is 1. The molecule has 0 spiro atoms. The molecule has 10 heteroatoms. The molecule has 3 fully saturated rings.